The van der Waals surface area contributed by atoms with Gasteiger partial charge in [0.25, 0.3) is 0 Å². The van der Waals surface area contributed by atoms with E-state index in [1.807, 2.05) is 0 Å². The number of anilines is 1. The summed E-state index contributed by atoms with van der Waals surface area (Å²) in [7, 11) is 0. The Morgan fingerprint density at radius 1 is 1.24 bits per heavy atom. The zero-order valence-corrected chi connectivity index (χ0v) is 12.1. The van der Waals surface area contributed by atoms with Crippen molar-refractivity contribution in [1.82, 2.24) is 5.32 Å². The lowest BCUT2D eigenvalue weighted by atomic mass is 10.1. The molecule has 0 saturated carbocycles. The van der Waals surface area contributed by atoms with Crippen molar-refractivity contribution in [1.29, 1.82) is 0 Å². The minimum absolute atomic E-state index is 0.942. The fourth-order valence-corrected chi connectivity index (χ4v) is 2.79. The summed E-state index contributed by atoms with van der Waals surface area (Å²) in [6, 6.07) is 6.75. The Kier molecular flexibility index (Phi) is 4.86. The van der Waals surface area contributed by atoms with E-state index < -0.39 is 0 Å². The molecular weight excluding hydrogens is 276 g/mol. The Bertz CT molecular complexity index is 359. The van der Waals surface area contributed by atoms with Crippen LogP contribution in [0.15, 0.2) is 22.7 Å². The highest BCUT2D eigenvalue weighted by Gasteiger charge is 2.11. The molecule has 0 aromatic heterocycles. The first kappa shape index (κ1) is 12.9. The largest absolute Gasteiger partial charge is 0.372 e. The normalized spacial score (nSPS) is 16.2. The third-order valence-electron chi connectivity index (χ3n) is 3.32. The second-order valence-electron chi connectivity index (χ2n) is 4.60. The van der Waals surface area contributed by atoms with Crippen LogP contribution in [-0.4, -0.2) is 19.6 Å². The standard InChI is InChI=1S/C14H21BrN2/c1-2-16-11-12-6-7-13(10-14(12)15)17-8-4-3-5-9-17/h6-7,10,16H,2-5,8-9,11H2,1H3. The average molecular weight is 297 g/mol. The molecule has 1 N–H and O–H groups in total. The molecular formula is C14H21BrN2. The zero-order chi connectivity index (χ0) is 12.1. The Morgan fingerprint density at radius 3 is 2.65 bits per heavy atom. The summed E-state index contributed by atoms with van der Waals surface area (Å²) in [5.41, 5.74) is 2.70. The number of hydrogen-bond acceptors (Lipinski definition) is 2. The molecule has 1 fully saturated rings. The van der Waals surface area contributed by atoms with Gasteiger partial charge in [0.1, 0.15) is 0 Å². The van der Waals surface area contributed by atoms with Crippen LogP contribution in [0.5, 0.6) is 0 Å². The summed E-state index contributed by atoms with van der Waals surface area (Å²) in [6.45, 7) is 6.51. The number of benzene rings is 1. The van der Waals surface area contributed by atoms with Crippen LogP contribution in [-0.2, 0) is 6.54 Å². The van der Waals surface area contributed by atoms with Crippen molar-refractivity contribution in [3.05, 3.63) is 28.2 Å². The molecule has 1 aliphatic heterocycles. The number of halogens is 1. The summed E-state index contributed by atoms with van der Waals surface area (Å²) in [5.74, 6) is 0. The lowest BCUT2D eigenvalue weighted by Gasteiger charge is -2.29. The monoisotopic (exact) mass is 296 g/mol. The summed E-state index contributed by atoms with van der Waals surface area (Å²) in [5, 5.41) is 3.36. The van der Waals surface area contributed by atoms with E-state index in [-0.39, 0.29) is 0 Å². The van der Waals surface area contributed by atoms with Crippen molar-refractivity contribution in [2.75, 3.05) is 24.5 Å². The molecule has 0 spiro atoms. The van der Waals surface area contributed by atoms with E-state index in [0.29, 0.717) is 0 Å². The van der Waals surface area contributed by atoms with Gasteiger partial charge in [0.05, 0.1) is 0 Å². The highest BCUT2D eigenvalue weighted by atomic mass is 79.9. The first-order valence-electron chi connectivity index (χ1n) is 6.55. The van der Waals surface area contributed by atoms with Gasteiger partial charge in [0.15, 0.2) is 0 Å². The topological polar surface area (TPSA) is 15.3 Å². The van der Waals surface area contributed by atoms with Crippen LogP contribution in [0.1, 0.15) is 31.7 Å². The van der Waals surface area contributed by atoms with Gasteiger partial charge in [-0.1, -0.05) is 28.9 Å². The molecule has 1 saturated heterocycles. The SMILES string of the molecule is CCNCc1ccc(N2CCCCC2)cc1Br. The summed E-state index contributed by atoms with van der Waals surface area (Å²) in [4.78, 5) is 2.49. The molecule has 1 aliphatic rings. The third kappa shape index (κ3) is 3.46. The van der Waals surface area contributed by atoms with Crippen molar-refractivity contribution in [3.8, 4) is 0 Å². The smallest absolute Gasteiger partial charge is 0.0377 e. The molecule has 0 amide bonds. The average Bonchev–Trinajstić information content (AvgIpc) is 2.38. The number of piperidine rings is 1. The third-order valence-corrected chi connectivity index (χ3v) is 4.06. The maximum Gasteiger partial charge on any atom is 0.0377 e. The Balaban J connectivity index is 2.06. The summed E-state index contributed by atoms with van der Waals surface area (Å²) >= 11 is 3.68. The van der Waals surface area contributed by atoms with Crippen LogP contribution < -0.4 is 10.2 Å². The molecule has 0 bridgehead atoms. The fraction of sp³-hybridized carbons (Fsp3) is 0.571. The van der Waals surface area contributed by atoms with Gasteiger partial charge >= 0.3 is 0 Å². The van der Waals surface area contributed by atoms with Crippen molar-refractivity contribution in [2.24, 2.45) is 0 Å². The fourth-order valence-electron chi connectivity index (χ4n) is 2.29. The summed E-state index contributed by atoms with van der Waals surface area (Å²) in [6.07, 6.45) is 4.05. The predicted molar refractivity (Wildman–Crippen MR) is 77.6 cm³/mol. The van der Waals surface area contributed by atoms with Gasteiger partial charge in [-0.2, -0.15) is 0 Å². The van der Waals surface area contributed by atoms with E-state index in [1.165, 1.54) is 48.1 Å². The quantitative estimate of drug-likeness (QED) is 0.914. The Hall–Kier alpha value is -0.540. The maximum absolute atomic E-state index is 3.68. The van der Waals surface area contributed by atoms with Crippen LogP contribution in [0.3, 0.4) is 0 Å². The van der Waals surface area contributed by atoms with Gasteiger partial charge in [-0.15, -0.1) is 0 Å². The molecule has 17 heavy (non-hydrogen) atoms. The van der Waals surface area contributed by atoms with E-state index in [1.54, 1.807) is 0 Å². The molecule has 1 aromatic carbocycles. The van der Waals surface area contributed by atoms with E-state index in [9.17, 15) is 0 Å². The number of nitrogens with zero attached hydrogens (tertiary/aromatic N) is 1. The van der Waals surface area contributed by atoms with Gasteiger partial charge < -0.3 is 10.2 Å². The maximum atomic E-state index is 3.68. The highest BCUT2D eigenvalue weighted by Crippen LogP contribution is 2.26. The Labute approximate surface area is 113 Å². The molecule has 2 nitrogen and oxygen atoms in total. The molecule has 1 heterocycles. The number of hydrogen-bond donors (Lipinski definition) is 1. The lowest BCUT2D eigenvalue weighted by Crippen LogP contribution is -2.29. The van der Waals surface area contributed by atoms with Crippen molar-refractivity contribution in [3.63, 3.8) is 0 Å². The van der Waals surface area contributed by atoms with Crippen LogP contribution >= 0.6 is 15.9 Å². The van der Waals surface area contributed by atoms with Crippen LogP contribution in [0.2, 0.25) is 0 Å². The summed E-state index contributed by atoms with van der Waals surface area (Å²) < 4.78 is 1.22. The van der Waals surface area contributed by atoms with Gasteiger partial charge in [0, 0.05) is 29.8 Å². The zero-order valence-electron chi connectivity index (χ0n) is 10.5. The van der Waals surface area contributed by atoms with E-state index in [2.05, 4.69) is 51.3 Å². The number of nitrogens with one attached hydrogen (secondary N) is 1. The van der Waals surface area contributed by atoms with Crippen LogP contribution in [0, 0.1) is 0 Å². The molecule has 1 aromatic rings. The van der Waals surface area contributed by atoms with Gasteiger partial charge in [-0.05, 0) is 43.5 Å². The van der Waals surface area contributed by atoms with Crippen molar-refractivity contribution >= 4 is 21.6 Å². The minimum Gasteiger partial charge on any atom is -0.372 e. The van der Waals surface area contributed by atoms with Crippen molar-refractivity contribution < 1.29 is 0 Å². The second kappa shape index (κ2) is 6.41. The van der Waals surface area contributed by atoms with Crippen LogP contribution in [0.25, 0.3) is 0 Å². The highest BCUT2D eigenvalue weighted by molar-refractivity contribution is 9.10. The van der Waals surface area contributed by atoms with E-state index in [0.717, 1.165) is 13.1 Å². The molecule has 2 rings (SSSR count). The van der Waals surface area contributed by atoms with Gasteiger partial charge in [0.2, 0.25) is 0 Å². The molecule has 0 radical (unpaired) electrons. The van der Waals surface area contributed by atoms with Crippen molar-refractivity contribution in [2.45, 2.75) is 32.7 Å². The number of rotatable bonds is 4. The van der Waals surface area contributed by atoms with Crippen LogP contribution in [0.4, 0.5) is 5.69 Å². The van der Waals surface area contributed by atoms with Gasteiger partial charge in [-0.3, -0.25) is 0 Å². The minimum atomic E-state index is 0.942. The Morgan fingerprint density at radius 2 is 2.00 bits per heavy atom. The molecule has 3 heteroatoms. The predicted octanol–water partition coefficient (Wildman–Crippen LogP) is 3.55. The first-order chi connectivity index (χ1) is 8.31. The second-order valence-corrected chi connectivity index (χ2v) is 5.46. The van der Waals surface area contributed by atoms with Gasteiger partial charge in [-0.25, -0.2) is 0 Å². The molecule has 94 valence electrons. The molecule has 0 aliphatic carbocycles. The lowest BCUT2D eigenvalue weighted by molar-refractivity contribution is 0.577. The molecule has 0 atom stereocenters. The van der Waals surface area contributed by atoms with E-state index >= 15 is 0 Å². The van der Waals surface area contributed by atoms with E-state index in [4.69, 9.17) is 0 Å². The first-order valence-corrected chi connectivity index (χ1v) is 7.34. The molecule has 0 unspecified atom stereocenters.